The number of aryl methyl sites for hydroxylation is 1. The number of nitrogens with zero attached hydrogens (tertiary/aromatic N) is 3. The molecule has 0 amide bonds. The molecule has 2 aromatic rings. The molecule has 1 aliphatic rings. The van der Waals surface area contributed by atoms with Crippen LogP contribution >= 0.6 is 0 Å². The van der Waals surface area contributed by atoms with Crippen LogP contribution in [-0.2, 0) is 0 Å². The molecular formula is C17H23N5. The monoisotopic (exact) mass is 297 g/mol. The molecule has 1 aliphatic carbocycles. The first-order chi connectivity index (χ1) is 10.8. The van der Waals surface area contributed by atoms with Crippen molar-refractivity contribution in [3.8, 4) is 0 Å². The van der Waals surface area contributed by atoms with Crippen molar-refractivity contribution in [2.45, 2.75) is 51.5 Å². The van der Waals surface area contributed by atoms with Gasteiger partial charge < -0.3 is 10.6 Å². The Labute approximate surface area is 131 Å². The lowest BCUT2D eigenvalue weighted by Crippen LogP contribution is -2.19. The third-order valence-corrected chi connectivity index (χ3v) is 4.04. The number of hydrogen-bond acceptors (Lipinski definition) is 5. The average molecular weight is 297 g/mol. The molecule has 0 bridgehead atoms. The highest BCUT2D eigenvalue weighted by Crippen LogP contribution is 2.21. The first-order valence-electron chi connectivity index (χ1n) is 8.09. The second kappa shape index (κ2) is 7.20. The number of nitrogens with one attached hydrogen (secondary N) is 2. The predicted molar refractivity (Wildman–Crippen MR) is 89.4 cm³/mol. The van der Waals surface area contributed by atoms with E-state index in [0.717, 1.165) is 11.5 Å². The predicted octanol–water partition coefficient (Wildman–Crippen LogP) is 4.06. The first kappa shape index (κ1) is 14.8. The van der Waals surface area contributed by atoms with E-state index < -0.39 is 0 Å². The number of hydrogen-bond donors (Lipinski definition) is 2. The van der Waals surface area contributed by atoms with Crippen molar-refractivity contribution in [2.75, 3.05) is 10.6 Å². The van der Waals surface area contributed by atoms with Crippen molar-refractivity contribution in [3.63, 3.8) is 0 Å². The van der Waals surface area contributed by atoms with Gasteiger partial charge in [0.25, 0.3) is 0 Å². The highest BCUT2D eigenvalue weighted by Gasteiger charge is 2.13. The molecule has 22 heavy (non-hydrogen) atoms. The topological polar surface area (TPSA) is 62.7 Å². The van der Waals surface area contributed by atoms with Crippen LogP contribution in [0.25, 0.3) is 0 Å². The van der Waals surface area contributed by atoms with Gasteiger partial charge in [0.05, 0.1) is 6.20 Å². The van der Waals surface area contributed by atoms with Crippen molar-refractivity contribution < 1.29 is 0 Å². The van der Waals surface area contributed by atoms with Gasteiger partial charge in [0.2, 0.25) is 5.95 Å². The van der Waals surface area contributed by atoms with Crippen molar-refractivity contribution in [1.82, 2.24) is 15.2 Å². The van der Waals surface area contributed by atoms with E-state index in [1.807, 2.05) is 12.1 Å². The van der Waals surface area contributed by atoms with Crippen LogP contribution in [0, 0.1) is 6.92 Å². The molecule has 2 N–H and O–H groups in total. The van der Waals surface area contributed by atoms with Gasteiger partial charge in [-0.05, 0) is 37.5 Å². The fourth-order valence-electron chi connectivity index (χ4n) is 2.91. The van der Waals surface area contributed by atoms with Crippen LogP contribution in [0.4, 0.5) is 17.5 Å². The van der Waals surface area contributed by atoms with E-state index in [1.54, 1.807) is 6.20 Å². The highest BCUT2D eigenvalue weighted by molar-refractivity contribution is 5.55. The largest absolute Gasteiger partial charge is 0.366 e. The minimum absolute atomic E-state index is 0.506. The molecule has 1 aromatic heterocycles. The Hall–Kier alpha value is -2.17. The zero-order valence-electron chi connectivity index (χ0n) is 13.0. The molecule has 0 unspecified atom stereocenters. The quantitative estimate of drug-likeness (QED) is 0.833. The number of anilines is 3. The second-order valence-corrected chi connectivity index (χ2v) is 5.99. The molecule has 3 rings (SSSR count). The van der Waals surface area contributed by atoms with Crippen molar-refractivity contribution in [3.05, 3.63) is 36.0 Å². The van der Waals surface area contributed by atoms with Crippen LogP contribution in [0.3, 0.4) is 0 Å². The van der Waals surface area contributed by atoms with Gasteiger partial charge in [-0.1, -0.05) is 37.8 Å². The fourth-order valence-corrected chi connectivity index (χ4v) is 2.91. The van der Waals surface area contributed by atoms with Crippen molar-refractivity contribution >= 4 is 17.5 Å². The van der Waals surface area contributed by atoms with Gasteiger partial charge >= 0.3 is 0 Å². The third-order valence-electron chi connectivity index (χ3n) is 4.04. The van der Waals surface area contributed by atoms with Gasteiger partial charge in [-0.3, -0.25) is 0 Å². The average Bonchev–Trinajstić information content (AvgIpc) is 2.76. The number of aromatic nitrogens is 3. The van der Waals surface area contributed by atoms with Crippen LogP contribution in [0.1, 0.15) is 44.1 Å². The maximum atomic E-state index is 4.53. The lowest BCUT2D eigenvalue weighted by Gasteiger charge is -2.16. The molecule has 1 heterocycles. The Balaban J connectivity index is 1.66. The molecular weight excluding hydrogens is 274 g/mol. The number of benzene rings is 1. The summed E-state index contributed by atoms with van der Waals surface area (Å²) in [7, 11) is 0. The molecule has 0 aliphatic heterocycles. The van der Waals surface area contributed by atoms with E-state index in [0.29, 0.717) is 12.0 Å². The summed E-state index contributed by atoms with van der Waals surface area (Å²) in [5.41, 5.74) is 2.18. The maximum Gasteiger partial charge on any atom is 0.249 e. The van der Waals surface area contributed by atoms with E-state index in [4.69, 9.17) is 0 Å². The van der Waals surface area contributed by atoms with Crippen LogP contribution in [0.15, 0.2) is 30.5 Å². The van der Waals surface area contributed by atoms with E-state index >= 15 is 0 Å². The smallest absolute Gasteiger partial charge is 0.249 e. The van der Waals surface area contributed by atoms with E-state index in [1.165, 1.54) is 44.1 Å². The summed E-state index contributed by atoms with van der Waals surface area (Å²) in [5.74, 6) is 1.33. The summed E-state index contributed by atoms with van der Waals surface area (Å²) >= 11 is 0. The van der Waals surface area contributed by atoms with Gasteiger partial charge in [0.1, 0.15) is 0 Å². The summed E-state index contributed by atoms with van der Waals surface area (Å²) < 4.78 is 0. The Bertz CT molecular complexity index is 606. The van der Waals surface area contributed by atoms with E-state index in [-0.39, 0.29) is 0 Å². The third kappa shape index (κ3) is 4.16. The SMILES string of the molecule is Cc1cccc(Nc2nncc(NC3CCCCCC3)n2)c1. The summed E-state index contributed by atoms with van der Waals surface area (Å²) in [6.07, 6.45) is 9.41. The zero-order valence-corrected chi connectivity index (χ0v) is 13.0. The molecule has 1 aromatic carbocycles. The van der Waals surface area contributed by atoms with Gasteiger partial charge in [-0.15, -0.1) is 5.10 Å². The molecule has 0 spiro atoms. The summed E-state index contributed by atoms with van der Waals surface area (Å²) in [6, 6.07) is 8.65. The lowest BCUT2D eigenvalue weighted by atomic mass is 10.1. The van der Waals surface area contributed by atoms with Crippen molar-refractivity contribution in [1.29, 1.82) is 0 Å². The fraction of sp³-hybridized carbons (Fsp3) is 0.471. The molecule has 5 nitrogen and oxygen atoms in total. The lowest BCUT2D eigenvalue weighted by molar-refractivity contribution is 0.617. The minimum atomic E-state index is 0.506. The standard InChI is InChI=1S/C17H23N5/c1-13-7-6-10-15(11-13)20-17-21-16(12-18-22-17)19-14-8-4-2-3-5-9-14/h6-7,10-12,14H,2-5,8-9H2,1H3,(H2,19,20,21,22). The summed E-state index contributed by atoms with van der Waals surface area (Å²) in [5, 5.41) is 14.8. The van der Waals surface area contributed by atoms with E-state index in [2.05, 4.69) is 44.9 Å². The summed E-state index contributed by atoms with van der Waals surface area (Å²) in [4.78, 5) is 4.53. The van der Waals surface area contributed by atoms with Gasteiger partial charge in [0.15, 0.2) is 5.82 Å². The molecule has 116 valence electrons. The van der Waals surface area contributed by atoms with Crippen LogP contribution in [-0.4, -0.2) is 21.2 Å². The van der Waals surface area contributed by atoms with E-state index in [9.17, 15) is 0 Å². The number of rotatable bonds is 4. The Morgan fingerprint density at radius 1 is 1.09 bits per heavy atom. The second-order valence-electron chi connectivity index (χ2n) is 5.99. The molecule has 1 fully saturated rings. The normalized spacial score (nSPS) is 16.0. The highest BCUT2D eigenvalue weighted by atomic mass is 15.3. The Morgan fingerprint density at radius 2 is 1.91 bits per heavy atom. The first-order valence-corrected chi connectivity index (χ1v) is 8.09. The molecule has 0 radical (unpaired) electrons. The van der Waals surface area contributed by atoms with Crippen LogP contribution in [0.2, 0.25) is 0 Å². The molecule has 5 heteroatoms. The van der Waals surface area contributed by atoms with Gasteiger partial charge in [-0.2, -0.15) is 10.1 Å². The summed E-state index contributed by atoms with van der Waals surface area (Å²) in [6.45, 7) is 2.06. The molecule has 1 saturated carbocycles. The molecule has 0 saturated heterocycles. The Morgan fingerprint density at radius 3 is 2.68 bits per heavy atom. The molecule has 0 atom stereocenters. The van der Waals surface area contributed by atoms with Crippen LogP contribution in [0.5, 0.6) is 0 Å². The zero-order chi connectivity index (χ0) is 15.2. The van der Waals surface area contributed by atoms with Crippen molar-refractivity contribution in [2.24, 2.45) is 0 Å². The Kier molecular flexibility index (Phi) is 4.83. The van der Waals surface area contributed by atoms with Crippen LogP contribution < -0.4 is 10.6 Å². The van der Waals surface area contributed by atoms with Gasteiger partial charge in [0, 0.05) is 11.7 Å². The maximum absolute atomic E-state index is 4.53. The van der Waals surface area contributed by atoms with Gasteiger partial charge in [-0.25, -0.2) is 0 Å². The minimum Gasteiger partial charge on any atom is -0.366 e.